The van der Waals surface area contributed by atoms with E-state index in [1.54, 1.807) is 0 Å². The summed E-state index contributed by atoms with van der Waals surface area (Å²) >= 11 is 0. The summed E-state index contributed by atoms with van der Waals surface area (Å²) in [5.41, 5.74) is 0. The van der Waals surface area contributed by atoms with Gasteiger partial charge < -0.3 is 4.74 Å². The van der Waals surface area contributed by atoms with Crippen LogP contribution in [0.3, 0.4) is 0 Å². The standard InChI is InChI=1S/C4HF3O3/c5-1-2(8)10-3(9)4(1,6)7/h1H. The maximum Gasteiger partial charge on any atom is 0.388 e. The van der Waals surface area contributed by atoms with Crippen molar-refractivity contribution >= 4 is 11.9 Å². The van der Waals surface area contributed by atoms with E-state index in [1.807, 2.05) is 0 Å². The second-order valence-electron chi connectivity index (χ2n) is 1.69. The van der Waals surface area contributed by atoms with Gasteiger partial charge in [0.2, 0.25) is 0 Å². The molecule has 1 aliphatic rings. The predicted octanol–water partition coefficient (Wildman–Crippen LogP) is 0.0432. The number of hydrogen-bond acceptors (Lipinski definition) is 3. The number of halogens is 3. The van der Waals surface area contributed by atoms with Gasteiger partial charge in [-0.05, 0) is 0 Å². The molecule has 0 radical (unpaired) electrons. The minimum atomic E-state index is -4.29. The van der Waals surface area contributed by atoms with Gasteiger partial charge in [0.05, 0.1) is 0 Å². The zero-order valence-electron chi connectivity index (χ0n) is 4.44. The van der Waals surface area contributed by atoms with Gasteiger partial charge in [-0.15, -0.1) is 0 Å². The fourth-order valence-electron chi connectivity index (χ4n) is 0.463. The minimum Gasteiger partial charge on any atom is -0.386 e. The summed E-state index contributed by atoms with van der Waals surface area (Å²) in [4.78, 5) is 19.8. The van der Waals surface area contributed by atoms with Gasteiger partial charge in [-0.3, -0.25) is 0 Å². The van der Waals surface area contributed by atoms with Gasteiger partial charge in [-0.1, -0.05) is 0 Å². The molecule has 1 atom stereocenters. The quantitative estimate of drug-likeness (QED) is 0.365. The summed E-state index contributed by atoms with van der Waals surface area (Å²) in [6, 6.07) is 0. The molecule has 3 nitrogen and oxygen atoms in total. The van der Waals surface area contributed by atoms with E-state index in [-0.39, 0.29) is 0 Å². The van der Waals surface area contributed by atoms with Crippen LogP contribution < -0.4 is 0 Å². The first-order chi connectivity index (χ1) is 4.46. The zero-order valence-corrected chi connectivity index (χ0v) is 4.44. The first-order valence-corrected chi connectivity index (χ1v) is 2.24. The highest BCUT2D eigenvalue weighted by Crippen LogP contribution is 2.29. The van der Waals surface area contributed by atoms with E-state index >= 15 is 0 Å². The van der Waals surface area contributed by atoms with E-state index in [4.69, 9.17) is 0 Å². The van der Waals surface area contributed by atoms with Crippen molar-refractivity contribution in [2.75, 3.05) is 0 Å². The second kappa shape index (κ2) is 1.71. The van der Waals surface area contributed by atoms with Crippen molar-refractivity contribution in [1.29, 1.82) is 0 Å². The number of carbonyl (C=O) groups is 2. The molecular formula is C4HF3O3. The largest absolute Gasteiger partial charge is 0.388 e. The Morgan fingerprint density at radius 2 is 1.90 bits per heavy atom. The molecule has 1 heterocycles. The highest BCUT2D eigenvalue weighted by atomic mass is 19.3. The summed E-state index contributed by atoms with van der Waals surface area (Å²) in [5, 5.41) is 0. The molecule has 1 unspecified atom stereocenters. The number of carbonyl (C=O) groups excluding carboxylic acids is 2. The van der Waals surface area contributed by atoms with E-state index in [9.17, 15) is 22.8 Å². The molecule has 0 aromatic heterocycles. The topological polar surface area (TPSA) is 43.4 Å². The summed E-state index contributed by atoms with van der Waals surface area (Å²) in [6.45, 7) is 0. The molecule has 0 spiro atoms. The average molecular weight is 154 g/mol. The molecule has 1 rings (SSSR count). The van der Waals surface area contributed by atoms with Crippen LogP contribution in [0.2, 0.25) is 0 Å². The lowest BCUT2D eigenvalue weighted by Crippen LogP contribution is -2.32. The molecule has 56 valence electrons. The van der Waals surface area contributed by atoms with Crippen molar-refractivity contribution in [2.45, 2.75) is 12.1 Å². The molecule has 0 saturated carbocycles. The van der Waals surface area contributed by atoms with Gasteiger partial charge >= 0.3 is 17.9 Å². The van der Waals surface area contributed by atoms with Crippen LogP contribution in [0.15, 0.2) is 0 Å². The van der Waals surface area contributed by atoms with Crippen LogP contribution >= 0.6 is 0 Å². The van der Waals surface area contributed by atoms with Crippen molar-refractivity contribution < 1.29 is 27.5 Å². The molecule has 0 bridgehead atoms. The lowest BCUT2D eigenvalue weighted by atomic mass is 10.2. The molecule has 6 heteroatoms. The third kappa shape index (κ3) is 0.680. The lowest BCUT2D eigenvalue weighted by Gasteiger charge is -2.01. The van der Waals surface area contributed by atoms with Crippen LogP contribution in [0.25, 0.3) is 0 Å². The molecule has 1 saturated heterocycles. The van der Waals surface area contributed by atoms with E-state index in [0.29, 0.717) is 0 Å². The number of alkyl halides is 3. The molecule has 1 fully saturated rings. The van der Waals surface area contributed by atoms with Crippen molar-refractivity contribution in [3.05, 3.63) is 0 Å². The Morgan fingerprint density at radius 3 is 2.00 bits per heavy atom. The Labute approximate surface area is 52.8 Å². The monoisotopic (exact) mass is 154 g/mol. The van der Waals surface area contributed by atoms with Gasteiger partial charge in [0, 0.05) is 0 Å². The summed E-state index contributed by atoms with van der Waals surface area (Å²) < 4.78 is 39.0. The lowest BCUT2D eigenvalue weighted by molar-refractivity contribution is -0.162. The maximum atomic E-state index is 11.9. The predicted molar refractivity (Wildman–Crippen MR) is 20.9 cm³/mol. The van der Waals surface area contributed by atoms with E-state index in [1.165, 1.54) is 0 Å². The first-order valence-electron chi connectivity index (χ1n) is 2.24. The maximum absolute atomic E-state index is 11.9. The van der Waals surface area contributed by atoms with Gasteiger partial charge in [0.1, 0.15) is 0 Å². The van der Waals surface area contributed by atoms with Crippen molar-refractivity contribution in [2.24, 2.45) is 0 Å². The molecule has 10 heavy (non-hydrogen) atoms. The average Bonchev–Trinajstić information content (AvgIpc) is 1.97. The van der Waals surface area contributed by atoms with Gasteiger partial charge in [0.25, 0.3) is 6.17 Å². The van der Waals surface area contributed by atoms with Gasteiger partial charge in [-0.2, -0.15) is 8.78 Å². The second-order valence-corrected chi connectivity index (χ2v) is 1.69. The number of cyclic esters (lactones) is 2. The molecular weight excluding hydrogens is 153 g/mol. The summed E-state index contributed by atoms with van der Waals surface area (Å²) in [6.07, 6.45) is -3.14. The van der Waals surface area contributed by atoms with Crippen LogP contribution in [0.5, 0.6) is 0 Å². The molecule has 0 aromatic rings. The van der Waals surface area contributed by atoms with Gasteiger partial charge in [-0.25, -0.2) is 14.0 Å². The van der Waals surface area contributed by atoms with Crippen molar-refractivity contribution in [3.8, 4) is 0 Å². The Hall–Kier alpha value is -1.07. The fourth-order valence-corrected chi connectivity index (χ4v) is 0.463. The summed E-state index contributed by atoms with van der Waals surface area (Å²) in [7, 11) is 0. The highest BCUT2D eigenvalue weighted by molar-refractivity contribution is 6.01. The zero-order chi connectivity index (χ0) is 7.94. The summed E-state index contributed by atoms with van der Waals surface area (Å²) in [5.74, 6) is -8.24. The fraction of sp³-hybridized carbons (Fsp3) is 0.500. The third-order valence-electron chi connectivity index (χ3n) is 0.991. The van der Waals surface area contributed by atoms with Crippen LogP contribution in [-0.2, 0) is 14.3 Å². The first kappa shape index (κ1) is 7.04. The molecule has 0 N–H and O–H groups in total. The number of hydrogen-bond donors (Lipinski definition) is 0. The van der Waals surface area contributed by atoms with Crippen LogP contribution in [-0.4, -0.2) is 24.0 Å². The Morgan fingerprint density at radius 1 is 1.40 bits per heavy atom. The number of ether oxygens (including phenoxy) is 1. The SMILES string of the molecule is O=C1OC(=O)C(F)(F)C1F. The number of rotatable bonds is 0. The number of esters is 2. The van der Waals surface area contributed by atoms with E-state index in [0.717, 1.165) is 0 Å². The Balaban J connectivity index is 2.96. The smallest absolute Gasteiger partial charge is 0.386 e. The van der Waals surface area contributed by atoms with E-state index in [2.05, 4.69) is 4.74 Å². The van der Waals surface area contributed by atoms with Crippen molar-refractivity contribution in [1.82, 2.24) is 0 Å². The molecule has 1 aliphatic heterocycles. The minimum absolute atomic E-state index is 1.82. The molecule has 0 aliphatic carbocycles. The normalized spacial score (nSPS) is 30.5. The van der Waals surface area contributed by atoms with Crippen LogP contribution in [0.4, 0.5) is 13.2 Å². The molecule has 0 aromatic carbocycles. The van der Waals surface area contributed by atoms with Crippen LogP contribution in [0.1, 0.15) is 0 Å². The van der Waals surface area contributed by atoms with E-state index < -0.39 is 24.0 Å². The third-order valence-corrected chi connectivity index (χ3v) is 0.991. The van der Waals surface area contributed by atoms with Crippen molar-refractivity contribution in [3.63, 3.8) is 0 Å². The highest BCUT2D eigenvalue weighted by Gasteiger charge is 2.61. The van der Waals surface area contributed by atoms with Gasteiger partial charge in [0.15, 0.2) is 0 Å². The Bertz CT molecular complexity index is 200. The molecule has 0 amide bonds. The van der Waals surface area contributed by atoms with Crippen LogP contribution in [0, 0.1) is 0 Å². The Kier molecular flexibility index (Phi) is 1.20.